The largest absolute Gasteiger partial charge is 0.478 e. The molecule has 8 heteroatoms. The van der Waals surface area contributed by atoms with Crippen molar-refractivity contribution < 1.29 is 14.8 Å². The van der Waals surface area contributed by atoms with Crippen molar-refractivity contribution in [1.29, 1.82) is 0 Å². The third kappa shape index (κ3) is 3.16. The summed E-state index contributed by atoms with van der Waals surface area (Å²) < 4.78 is 0. The Labute approximate surface area is 124 Å². The van der Waals surface area contributed by atoms with Gasteiger partial charge in [-0.2, -0.15) is 0 Å². The Hall–Kier alpha value is -2.48. The van der Waals surface area contributed by atoms with Crippen molar-refractivity contribution in [3.63, 3.8) is 0 Å². The summed E-state index contributed by atoms with van der Waals surface area (Å²) in [5, 5.41) is 22.0. The van der Waals surface area contributed by atoms with Crippen LogP contribution in [0.15, 0.2) is 23.0 Å². The number of carboxylic acids is 1. The summed E-state index contributed by atoms with van der Waals surface area (Å²) in [6.07, 6.45) is 0. The number of aromatic carboxylic acids is 1. The summed E-state index contributed by atoms with van der Waals surface area (Å²) in [5.41, 5.74) is 3.16. The first-order valence-corrected chi connectivity index (χ1v) is 6.95. The average molecular weight is 307 g/mol. The van der Waals surface area contributed by atoms with Gasteiger partial charge in [-0.25, -0.2) is 9.78 Å². The molecule has 110 valence electrons. The number of benzene rings is 1. The summed E-state index contributed by atoms with van der Waals surface area (Å²) in [6.45, 7) is 2.06. The lowest BCUT2D eigenvalue weighted by Crippen LogP contribution is -2.19. The lowest BCUT2D eigenvalue weighted by atomic mass is 10.1. The Balaban J connectivity index is 2.45. The first-order chi connectivity index (χ1) is 9.90. The van der Waals surface area contributed by atoms with Crippen LogP contribution in [0.2, 0.25) is 0 Å². The van der Waals surface area contributed by atoms with Gasteiger partial charge in [0.25, 0.3) is 5.69 Å². The molecule has 2 aromatic rings. The van der Waals surface area contributed by atoms with Gasteiger partial charge in [0.1, 0.15) is 0 Å². The molecule has 0 aliphatic carbocycles. The zero-order chi connectivity index (χ0) is 15.6. The Morgan fingerprint density at radius 1 is 1.52 bits per heavy atom. The standard InChI is InChI=1S/C13H13N3O4S/c1-8-11(15(2)5-10-6-21-7-14-10)3-9(13(17)18)4-12(8)16(19)20/h3-4,6-7H,5H2,1-2H3,(H,17,18). The zero-order valence-corrected chi connectivity index (χ0v) is 12.3. The lowest BCUT2D eigenvalue weighted by molar-refractivity contribution is -0.385. The topological polar surface area (TPSA) is 96.6 Å². The second-order valence-corrected chi connectivity index (χ2v) is 5.26. The van der Waals surface area contributed by atoms with Crippen LogP contribution in [0.5, 0.6) is 0 Å². The predicted octanol–water partition coefficient (Wildman–Crippen LogP) is 2.69. The smallest absolute Gasteiger partial charge is 0.336 e. The second kappa shape index (κ2) is 5.88. The van der Waals surface area contributed by atoms with E-state index in [0.29, 0.717) is 17.8 Å². The monoisotopic (exact) mass is 307 g/mol. The van der Waals surface area contributed by atoms with E-state index in [2.05, 4.69) is 4.98 Å². The minimum Gasteiger partial charge on any atom is -0.478 e. The third-order valence-corrected chi connectivity index (χ3v) is 3.73. The van der Waals surface area contributed by atoms with E-state index in [4.69, 9.17) is 5.11 Å². The molecule has 0 unspecified atom stereocenters. The summed E-state index contributed by atoms with van der Waals surface area (Å²) in [6, 6.07) is 2.52. The van der Waals surface area contributed by atoms with Gasteiger partial charge >= 0.3 is 5.97 Å². The van der Waals surface area contributed by atoms with Gasteiger partial charge in [-0.15, -0.1) is 11.3 Å². The van der Waals surface area contributed by atoms with Crippen LogP contribution >= 0.6 is 11.3 Å². The number of nitrogens with zero attached hydrogens (tertiary/aromatic N) is 3. The number of aromatic nitrogens is 1. The van der Waals surface area contributed by atoms with Crippen LogP contribution in [0, 0.1) is 17.0 Å². The molecular formula is C13H13N3O4S. The Morgan fingerprint density at radius 2 is 2.24 bits per heavy atom. The first-order valence-electron chi connectivity index (χ1n) is 6.00. The predicted molar refractivity (Wildman–Crippen MR) is 79.0 cm³/mol. The van der Waals surface area contributed by atoms with Crippen molar-refractivity contribution in [3.05, 3.63) is 50.0 Å². The molecule has 0 aliphatic heterocycles. The number of rotatable bonds is 5. The number of hydrogen-bond donors (Lipinski definition) is 1. The van der Waals surface area contributed by atoms with Gasteiger partial charge in [-0.1, -0.05) is 0 Å². The number of anilines is 1. The van der Waals surface area contributed by atoms with E-state index in [-0.39, 0.29) is 11.3 Å². The van der Waals surface area contributed by atoms with Gasteiger partial charge in [-0.05, 0) is 13.0 Å². The maximum absolute atomic E-state index is 11.1. The summed E-state index contributed by atoms with van der Waals surface area (Å²) in [4.78, 5) is 27.5. The molecule has 0 atom stereocenters. The fraction of sp³-hybridized carbons (Fsp3) is 0.231. The van der Waals surface area contributed by atoms with Gasteiger partial charge < -0.3 is 10.0 Å². The van der Waals surface area contributed by atoms with Crippen LogP contribution in [0.4, 0.5) is 11.4 Å². The molecule has 7 nitrogen and oxygen atoms in total. The SMILES string of the molecule is Cc1c(N(C)Cc2cscn2)cc(C(=O)O)cc1[N+](=O)[O-]. The molecule has 0 fully saturated rings. The van der Waals surface area contributed by atoms with Crippen molar-refractivity contribution in [2.75, 3.05) is 11.9 Å². The summed E-state index contributed by atoms with van der Waals surface area (Å²) >= 11 is 1.46. The van der Waals surface area contributed by atoms with Crippen molar-refractivity contribution in [3.8, 4) is 0 Å². The van der Waals surface area contributed by atoms with E-state index >= 15 is 0 Å². The highest BCUT2D eigenvalue weighted by Gasteiger charge is 2.21. The van der Waals surface area contributed by atoms with Crippen molar-refractivity contribution >= 4 is 28.7 Å². The lowest BCUT2D eigenvalue weighted by Gasteiger charge is -2.20. The van der Waals surface area contributed by atoms with Crippen LogP contribution in [-0.2, 0) is 6.54 Å². The van der Waals surface area contributed by atoms with E-state index in [1.807, 2.05) is 5.38 Å². The minimum absolute atomic E-state index is 0.104. The minimum atomic E-state index is -1.19. The van der Waals surface area contributed by atoms with Crippen molar-refractivity contribution in [2.24, 2.45) is 0 Å². The number of thiazole rings is 1. The maximum Gasteiger partial charge on any atom is 0.336 e. The highest BCUT2D eigenvalue weighted by Crippen LogP contribution is 2.30. The Morgan fingerprint density at radius 3 is 2.76 bits per heavy atom. The molecule has 1 aromatic carbocycles. The van der Waals surface area contributed by atoms with Gasteiger partial charge in [-0.3, -0.25) is 10.1 Å². The van der Waals surface area contributed by atoms with Crippen LogP contribution in [0.1, 0.15) is 21.6 Å². The van der Waals surface area contributed by atoms with E-state index < -0.39 is 10.9 Å². The van der Waals surface area contributed by atoms with Crippen LogP contribution in [-0.4, -0.2) is 28.0 Å². The summed E-state index contributed by atoms with van der Waals surface area (Å²) in [5.74, 6) is -1.19. The highest BCUT2D eigenvalue weighted by molar-refractivity contribution is 7.07. The molecule has 0 saturated carbocycles. The molecule has 1 heterocycles. The second-order valence-electron chi connectivity index (χ2n) is 4.54. The first kappa shape index (κ1) is 14.9. The van der Waals surface area contributed by atoms with E-state index in [1.54, 1.807) is 24.4 Å². The van der Waals surface area contributed by atoms with Gasteiger partial charge in [0, 0.05) is 24.2 Å². The molecule has 2 rings (SSSR count). The normalized spacial score (nSPS) is 10.4. The van der Waals surface area contributed by atoms with Crippen LogP contribution < -0.4 is 4.90 Å². The molecule has 21 heavy (non-hydrogen) atoms. The van der Waals surface area contributed by atoms with Crippen LogP contribution in [0.3, 0.4) is 0 Å². The third-order valence-electron chi connectivity index (χ3n) is 3.09. The molecule has 0 bridgehead atoms. The van der Waals surface area contributed by atoms with Crippen LogP contribution in [0.25, 0.3) is 0 Å². The molecule has 1 N–H and O–H groups in total. The molecule has 0 amide bonds. The Bertz CT molecular complexity index is 685. The van der Waals surface area contributed by atoms with Gasteiger partial charge in [0.05, 0.1) is 33.8 Å². The molecule has 0 aliphatic rings. The van der Waals surface area contributed by atoms with E-state index in [0.717, 1.165) is 11.8 Å². The molecule has 0 radical (unpaired) electrons. The average Bonchev–Trinajstić information content (AvgIpc) is 2.90. The van der Waals surface area contributed by atoms with E-state index in [9.17, 15) is 14.9 Å². The fourth-order valence-corrected chi connectivity index (χ4v) is 2.59. The Kier molecular flexibility index (Phi) is 4.18. The summed E-state index contributed by atoms with van der Waals surface area (Å²) in [7, 11) is 1.75. The fourth-order valence-electron chi connectivity index (χ4n) is 2.04. The maximum atomic E-state index is 11.1. The van der Waals surface area contributed by atoms with Gasteiger partial charge in [0.2, 0.25) is 0 Å². The van der Waals surface area contributed by atoms with E-state index in [1.165, 1.54) is 17.4 Å². The van der Waals surface area contributed by atoms with Crippen molar-refractivity contribution in [2.45, 2.75) is 13.5 Å². The quantitative estimate of drug-likeness (QED) is 0.674. The highest BCUT2D eigenvalue weighted by atomic mass is 32.1. The van der Waals surface area contributed by atoms with Crippen molar-refractivity contribution in [1.82, 2.24) is 4.98 Å². The number of nitro groups is 1. The molecule has 0 saturated heterocycles. The number of nitro benzene ring substituents is 1. The van der Waals surface area contributed by atoms with Gasteiger partial charge in [0.15, 0.2) is 0 Å². The number of carbonyl (C=O) groups is 1. The number of hydrogen-bond acceptors (Lipinski definition) is 6. The molecule has 0 spiro atoms. The molecule has 1 aromatic heterocycles. The molecular weight excluding hydrogens is 294 g/mol. The zero-order valence-electron chi connectivity index (χ0n) is 11.4. The number of carboxylic acid groups (broad SMARTS) is 1.